The van der Waals surface area contributed by atoms with Gasteiger partial charge in [-0.15, -0.1) is 0 Å². The zero-order valence-corrected chi connectivity index (χ0v) is 52.1. The molecule has 4 nitrogen and oxygen atoms in total. The Morgan fingerprint density at radius 1 is 0.256 bits per heavy atom. The van der Waals surface area contributed by atoms with Crippen molar-refractivity contribution in [1.82, 2.24) is 13.7 Å². The standard InChI is InChI=1S/C80H62Br2N4/c1-79(2,3)57-27-43-75-69(47-57)70-48-58(80(4,5)6)28-44-76(70)86(75)66-41-25-56(26-42-66)53-19-35-63(36-20-53)83(61-31-15-51(16-32-61)54-21-37-64(38-22-54)84-73-13-9-7-11-67(73)71-49-59(81)29-45-77(71)84)62-33-17-52(18-34-62)55-23-39-65(40-24-55)85-74-14-10-8-12-68(74)72-50-60(82)30-46-78(72)85/h7-50H,1-6H3. The largest absolute Gasteiger partial charge is 0.311 e. The molecule has 0 atom stereocenters. The van der Waals surface area contributed by atoms with Gasteiger partial charge in [-0.25, -0.2) is 0 Å². The molecular weight excluding hydrogens is 1180 g/mol. The number of aromatic nitrogens is 3. The molecule has 15 rings (SSSR count). The van der Waals surface area contributed by atoms with Gasteiger partial charge in [-0.05, 0) is 201 Å². The van der Waals surface area contributed by atoms with Crippen LogP contribution in [0.2, 0.25) is 0 Å². The smallest absolute Gasteiger partial charge is 0.0541 e. The first-order valence-corrected chi connectivity index (χ1v) is 31.2. The molecule has 0 N–H and O–H groups in total. The van der Waals surface area contributed by atoms with Gasteiger partial charge in [0.25, 0.3) is 0 Å². The summed E-state index contributed by atoms with van der Waals surface area (Å²) in [5.74, 6) is 0. The summed E-state index contributed by atoms with van der Waals surface area (Å²) in [6.45, 7) is 13.8. The number of rotatable bonds is 9. The number of halogens is 2. The van der Waals surface area contributed by atoms with Gasteiger partial charge in [0.15, 0.2) is 0 Å². The summed E-state index contributed by atoms with van der Waals surface area (Å²) < 4.78 is 9.33. The fraction of sp³-hybridized carbons (Fsp3) is 0.100. The minimum Gasteiger partial charge on any atom is -0.311 e. The predicted octanol–water partition coefficient (Wildman–Crippen LogP) is 23.6. The molecule has 0 bridgehead atoms. The highest BCUT2D eigenvalue weighted by Crippen LogP contribution is 2.42. The second-order valence-electron chi connectivity index (χ2n) is 24.9. The lowest BCUT2D eigenvalue weighted by molar-refractivity contribution is 0.590. The van der Waals surface area contributed by atoms with Crippen LogP contribution >= 0.6 is 31.9 Å². The highest BCUT2D eigenvalue weighted by Gasteiger charge is 2.22. The Kier molecular flexibility index (Phi) is 12.9. The highest BCUT2D eigenvalue weighted by atomic mass is 79.9. The molecule has 6 heteroatoms. The van der Waals surface area contributed by atoms with E-state index in [1.165, 1.54) is 82.1 Å². The fourth-order valence-corrected chi connectivity index (χ4v) is 13.7. The molecule has 86 heavy (non-hydrogen) atoms. The van der Waals surface area contributed by atoms with Crippen LogP contribution < -0.4 is 4.90 Å². The molecule has 3 aromatic heterocycles. The van der Waals surface area contributed by atoms with Crippen LogP contribution in [0.5, 0.6) is 0 Å². The van der Waals surface area contributed by atoms with Crippen molar-refractivity contribution in [3.63, 3.8) is 0 Å². The first-order chi connectivity index (χ1) is 41.7. The Labute approximate surface area is 519 Å². The summed E-state index contributed by atoms with van der Waals surface area (Å²) in [5, 5.41) is 7.54. The molecule has 0 saturated carbocycles. The maximum Gasteiger partial charge on any atom is 0.0541 e. The molecule has 0 radical (unpaired) electrons. The summed E-state index contributed by atoms with van der Waals surface area (Å²) in [6.07, 6.45) is 0. The molecule has 15 aromatic rings. The van der Waals surface area contributed by atoms with Crippen molar-refractivity contribution in [3.05, 3.63) is 287 Å². The monoisotopic (exact) mass is 1240 g/mol. The van der Waals surface area contributed by atoms with Gasteiger partial charge in [-0.2, -0.15) is 0 Å². The van der Waals surface area contributed by atoms with Crippen LogP contribution in [-0.4, -0.2) is 13.7 Å². The Morgan fingerprint density at radius 3 is 0.814 bits per heavy atom. The fourth-order valence-electron chi connectivity index (χ4n) is 12.9. The molecule has 12 aromatic carbocycles. The van der Waals surface area contributed by atoms with Crippen LogP contribution in [0.25, 0.3) is 116 Å². The maximum atomic E-state index is 3.71. The van der Waals surface area contributed by atoms with E-state index in [2.05, 4.69) is 359 Å². The van der Waals surface area contributed by atoms with Crippen molar-refractivity contribution < 1.29 is 0 Å². The van der Waals surface area contributed by atoms with Crippen molar-refractivity contribution in [1.29, 1.82) is 0 Å². The lowest BCUT2D eigenvalue weighted by Gasteiger charge is -2.26. The minimum atomic E-state index is 0.0422. The van der Waals surface area contributed by atoms with Crippen LogP contribution in [0.4, 0.5) is 17.1 Å². The number of anilines is 3. The normalized spacial score (nSPS) is 12.2. The summed E-state index contributed by atoms with van der Waals surface area (Å²) in [6, 6.07) is 98.6. The first-order valence-electron chi connectivity index (χ1n) is 29.6. The van der Waals surface area contributed by atoms with E-state index in [1.54, 1.807) is 0 Å². The lowest BCUT2D eigenvalue weighted by Crippen LogP contribution is -2.10. The highest BCUT2D eigenvalue weighted by molar-refractivity contribution is 9.10. The van der Waals surface area contributed by atoms with E-state index < -0.39 is 0 Å². The van der Waals surface area contributed by atoms with Gasteiger partial charge in [0, 0.05) is 75.4 Å². The number of benzene rings is 12. The van der Waals surface area contributed by atoms with Crippen molar-refractivity contribution in [2.75, 3.05) is 4.90 Å². The quantitative estimate of drug-likeness (QED) is 0.141. The van der Waals surface area contributed by atoms with E-state index in [9.17, 15) is 0 Å². The van der Waals surface area contributed by atoms with E-state index in [-0.39, 0.29) is 10.8 Å². The summed E-state index contributed by atoms with van der Waals surface area (Å²) in [4.78, 5) is 2.37. The van der Waals surface area contributed by atoms with Gasteiger partial charge in [-0.1, -0.05) is 195 Å². The molecule has 0 fully saturated rings. The van der Waals surface area contributed by atoms with E-state index in [1.807, 2.05) is 0 Å². The Hall–Kier alpha value is -9.20. The molecule has 0 aliphatic carbocycles. The molecular formula is C80H62Br2N4. The number of hydrogen-bond donors (Lipinski definition) is 0. The molecule has 0 saturated heterocycles. The average molecular weight is 1240 g/mol. The molecule has 3 heterocycles. The van der Waals surface area contributed by atoms with Crippen molar-refractivity contribution in [2.45, 2.75) is 52.4 Å². The van der Waals surface area contributed by atoms with Crippen molar-refractivity contribution in [2.24, 2.45) is 0 Å². The predicted molar refractivity (Wildman–Crippen MR) is 373 cm³/mol. The molecule has 0 aliphatic rings. The molecule has 0 unspecified atom stereocenters. The zero-order chi connectivity index (χ0) is 58.6. The van der Waals surface area contributed by atoms with Gasteiger partial charge in [0.1, 0.15) is 0 Å². The Bertz CT molecular complexity index is 4810. The van der Waals surface area contributed by atoms with E-state index >= 15 is 0 Å². The molecule has 0 amide bonds. The van der Waals surface area contributed by atoms with Crippen LogP contribution in [-0.2, 0) is 10.8 Å². The van der Waals surface area contributed by atoms with E-state index in [0.717, 1.165) is 70.9 Å². The summed E-state index contributed by atoms with van der Waals surface area (Å²) in [7, 11) is 0. The Balaban J connectivity index is 0.759. The van der Waals surface area contributed by atoms with Gasteiger partial charge >= 0.3 is 0 Å². The van der Waals surface area contributed by atoms with Crippen LogP contribution in [0, 0.1) is 0 Å². The zero-order valence-electron chi connectivity index (χ0n) is 48.9. The second-order valence-corrected chi connectivity index (χ2v) is 26.8. The SMILES string of the molecule is CC(C)(C)c1ccc2c(c1)c1cc(C(C)(C)C)ccc1n2-c1ccc(-c2ccc(N(c3ccc(-c4ccc(-n5c6ccccc6c6cc(Br)ccc65)cc4)cc3)c3ccc(-c4ccc(-n5c6ccccc6c6cc(Br)ccc65)cc4)cc3)cc2)cc1. The van der Waals surface area contributed by atoms with Crippen molar-refractivity contribution >= 4 is 114 Å². The average Bonchev–Trinajstić information content (AvgIpc) is 1.69. The third kappa shape index (κ3) is 9.34. The minimum absolute atomic E-state index is 0.0422. The lowest BCUT2D eigenvalue weighted by atomic mass is 9.85. The van der Waals surface area contributed by atoms with E-state index in [0.29, 0.717) is 0 Å². The van der Waals surface area contributed by atoms with Gasteiger partial charge in [0.2, 0.25) is 0 Å². The van der Waals surface area contributed by atoms with Gasteiger partial charge in [-0.3, -0.25) is 0 Å². The third-order valence-corrected chi connectivity index (χ3v) is 18.5. The second kappa shape index (κ2) is 20.8. The maximum absolute atomic E-state index is 3.71. The number of nitrogens with zero attached hydrogens (tertiary/aromatic N) is 4. The molecule has 0 aliphatic heterocycles. The topological polar surface area (TPSA) is 18.0 Å². The summed E-state index contributed by atoms with van der Waals surface area (Å²) in [5.41, 5.74) is 23.6. The van der Waals surface area contributed by atoms with Crippen molar-refractivity contribution in [3.8, 4) is 50.4 Å². The molecule has 0 spiro atoms. The molecule has 416 valence electrons. The first kappa shape index (κ1) is 53.5. The van der Waals surface area contributed by atoms with Crippen LogP contribution in [0.1, 0.15) is 52.7 Å². The van der Waals surface area contributed by atoms with Gasteiger partial charge < -0.3 is 18.6 Å². The number of hydrogen-bond acceptors (Lipinski definition) is 1. The van der Waals surface area contributed by atoms with E-state index in [4.69, 9.17) is 0 Å². The number of para-hydroxylation sites is 2. The summed E-state index contributed by atoms with van der Waals surface area (Å²) >= 11 is 7.43. The van der Waals surface area contributed by atoms with Crippen LogP contribution in [0.15, 0.2) is 276 Å². The number of fused-ring (bicyclic) bond motifs is 9. The third-order valence-electron chi connectivity index (χ3n) is 17.5. The van der Waals surface area contributed by atoms with Gasteiger partial charge in [0.05, 0.1) is 33.1 Å². The van der Waals surface area contributed by atoms with Crippen LogP contribution in [0.3, 0.4) is 0 Å². The Morgan fingerprint density at radius 2 is 0.512 bits per heavy atom.